The van der Waals surface area contributed by atoms with Gasteiger partial charge in [0.15, 0.2) is 10.9 Å². The second-order valence-electron chi connectivity index (χ2n) is 9.06. The Balaban J connectivity index is 1.26. The molecule has 182 valence electrons. The summed E-state index contributed by atoms with van der Waals surface area (Å²) in [6, 6.07) is 2.91. The summed E-state index contributed by atoms with van der Waals surface area (Å²) >= 11 is 1.54. The van der Waals surface area contributed by atoms with Crippen molar-refractivity contribution in [3.8, 4) is 0 Å². The Morgan fingerprint density at radius 3 is 2.79 bits per heavy atom. The van der Waals surface area contributed by atoms with Gasteiger partial charge >= 0.3 is 6.18 Å². The lowest BCUT2D eigenvalue weighted by Crippen LogP contribution is -2.23. The van der Waals surface area contributed by atoms with Gasteiger partial charge in [-0.25, -0.2) is 4.39 Å². The van der Waals surface area contributed by atoms with Gasteiger partial charge in [0.2, 0.25) is 13.8 Å². The van der Waals surface area contributed by atoms with E-state index >= 15 is 0 Å². The molecule has 12 heteroatoms. The van der Waals surface area contributed by atoms with Gasteiger partial charge in [0.1, 0.15) is 5.82 Å². The number of hydrogen-bond donors (Lipinski definition) is 2. The van der Waals surface area contributed by atoms with Gasteiger partial charge in [-0.1, -0.05) is 17.8 Å². The van der Waals surface area contributed by atoms with Gasteiger partial charge in [-0.2, -0.15) is 13.2 Å². The van der Waals surface area contributed by atoms with Crippen LogP contribution in [0, 0.1) is 11.2 Å². The lowest BCUT2D eigenvalue weighted by molar-refractivity contribution is -0.137. The van der Waals surface area contributed by atoms with E-state index in [9.17, 15) is 22.7 Å². The molecular weight excluding hydrogens is 469 g/mol. The third-order valence-corrected chi connectivity index (χ3v) is 7.93. The number of benzene rings is 1. The van der Waals surface area contributed by atoms with Crippen molar-refractivity contribution in [2.45, 2.75) is 43.4 Å². The van der Waals surface area contributed by atoms with Crippen LogP contribution in [0.25, 0.3) is 5.76 Å². The van der Waals surface area contributed by atoms with Crippen LogP contribution in [-0.4, -0.2) is 58.1 Å². The number of rotatable bonds is 8. The van der Waals surface area contributed by atoms with Crippen LogP contribution in [0.15, 0.2) is 29.1 Å². The minimum absolute atomic E-state index is 0.0154. The Hall–Kier alpha value is -2.21. The Kier molecular flexibility index (Phi) is 6.92. The molecule has 1 spiro atoms. The number of aromatic nitrogens is 3. The number of nitrogens with one attached hydrogen (secondary N) is 1. The molecule has 2 radical (unpaired) electrons. The molecular formula is C22H26BF4N5OS. The third kappa shape index (κ3) is 4.93. The molecule has 2 atom stereocenters. The smallest absolute Gasteiger partial charge is 0.416 e. The van der Waals surface area contributed by atoms with Crippen molar-refractivity contribution in [1.82, 2.24) is 24.9 Å². The fraction of sp³-hybridized carbons (Fsp3) is 0.545. The van der Waals surface area contributed by atoms with Crippen molar-refractivity contribution in [3.05, 3.63) is 46.7 Å². The number of thioether (sulfide) groups is 1. The van der Waals surface area contributed by atoms with Gasteiger partial charge in [0, 0.05) is 25.0 Å². The van der Waals surface area contributed by atoms with E-state index in [1.807, 2.05) is 0 Å². The quantitative estimate of drug-likeness (QED) is 0.188. The molecule has 1 saturated heterocycles. The standard InChI is InChI=1S/C22H26BF4N5OS/c1-13(28-23)18(33)19-29-30-20(31(19)2)34-9-3-7-32-8-6-21(12-32)11-16(21)15-5-4-14(10-17(15)24)22(25,26)27/h4-5,10,16,28,33H,3,6-9,11-12H2,1-2H3/b18-13-/t16?,21-/m1/s1. The van der Waals surface area contributed by atoms with Crippen molar-refractivity contribution >= 4 is 25.5 Å². The van der Waals surface area contributed by atoms with Crippen LogP contribution >= 0.6 is 11.8 Å². The molecule has 6 nitrogen and oxygen atoms in total. The molecule has 0 bridgehead atoms. The largest absolute Gasteiger partial charge is 0.503 e. The number of aliphatic hydroxyl groups is 1. The first kappa shape index (κ1) is 24.9. The number of halogens is 4. The summed E-state index contributed by atoms with van der Waals surface area (Å²) in [5, 5.41) is 21.4. The molecule has 1 saturated carbocycles. The minimum atomic E-state index is -4.53. The van der Waals surface area contributed by atoms with Crippen molar-refractivity contribution in [2.24, 2.45) is 12.5 Å². The summed E-state index contributed by atoms with van der Waals surface area (Å²) in [4.78, 5) is 2.34. The molecule has 0 amide bonds. The second-order valence-corrected chi connectivity index (χ2v) is 10.1. The van der Waals surface area contributed by atoms with Gasteiger partial charge in [0.25, 0.3) is 0 Å². The zero-order valence-corrected chi connectivity index (χ0v) is 19.8. The van der Waals surface area contributed by atoms with E-state index in [0.29, 0.717) is 28.3 Å². The molecule has 2 aliphatic rings. The normalized spacial score (nSPS) is 23.4. The van der Waals surface area contributed by atoms with Crippen molar-refractivity contribution in [3.63, 3.8) is 0 Å². The Labute approximate surface area is 201 Å². The minimum Gasteiger partial charge on any atom is -0.503 e. The highest BCUT2D eigenvalue weighted by molar-refractivity contribution is 7.99. The highest BCUT2D eigenvalue weighted by atomic mass is 32.2. The van der Waals surface area contributed by atoms with E-state index < -0.39 is 17.6 Å². The highest BCUT2D eigenvalue weighted by Gasteiger charge is 2.58. The molecule has 2 heterocycles. The predicted molar refractivity (Wildman–Crippen MR) is 123 cm³/mol. The zero-order valence-electron chi connectivity index (χ0n) is 19.0. The molecule has 2 fully saturated rings. The maximum atomic E-state index is 14.4. The summed E-state index contributed by atoms with van der Waals surface area (Å²) < 4.78 is 54.6. The predicted octanol–water partition coefficient (Wildman–Crippen LogP) is 4.25. The molecule has 1 aromatic heterocycles. The van der Waals surface area contributed by atoms with Gasteiger partial charge < -0.3 is 19.8 Å². The van der Waals surface area contributed by atoms with E-state index in [4.69, 9.17) is 7.98 Å². The number of likely N-dealkylation sites (tertiary alicyclic amines) is 1. The van der Waals surface area contributed by atoms with E-state index in [0.717, 1.165) is 50.7 Å². The SMILES string of the molecule is [B]N/C(C)=C(\O)c1nnc(SCCCN2CC[C@@]3(CC3c3ccc(C(F)(F)F)cc3F)C2)n1C. The number of aliphatic hydroxyl groups excluding tert-OH is 1. The summed E-state index contributed by atoms with van der Waals surface area (Å²) in [7, 11) is 7.10. The lowest BCUT2D eigenvalue weighted by Gasteiger charge is -2.16. The summed E-state index contributed by atoms with van der Waals surface area (Å²) in [5.41, 5.74) is -0.169. The summed E-state index contributed by atoms with van der Waals surface area (Å²) in [6.45, 7) is 4.25. The van der Waals surface area contributed by atoms with E-state index in [1.54, 1.807) is 30.3 Å². The Morgan fingerprint density at radius 2 is 2.12 bits per heavy atom. The average Bonchev–Trinajstić information content (AvgIpc) is 3.12. The monoisotopic (exact) mass is 495 g/mol. The molecule has 1 unspecified atom stereocenters. The first-order valence-corrected chi connectivity index (χ1v) is 12.0. The second kappa shape index (κ2) is 9.45. The molecule has 2 N–H and O–H groups in total. The number of nitrogens with zero attached hydrogens (tertiary/aromatic N) is 4. The maximum Gasteiger partial charge on any atom is 0.416 e. The van der Waals surface area contributed by atoms with E-state index in [1.165, 1.54) is 6.07 Å². The molecule has 1 aromatic carbocycles. The summed E-state index contributed by atoms with van der Waals surface area (Å²) in [5.74, 6) is 0.307. The van der Waals surface area contributed by atoms with Gasteiger partial charge in [-0.3, -0.25) is 0 Å². The van der Waals surface area contributed by atoms with E-state index in [-0.39, 0.29) is 17.1 Å². The van der Waals surface area contributed by atoms with Crippen LogP contribution in [0.3, 0.4) is 0 Å². The number of allylic oxidation sites excluding steroid dienone is 1. The van der Waals surface area contributed by atoms with Crippen LogP contribution in [0.5, 0.6) is 0 Å². The fourth-order valence-corrected chi connectivity index (χ4v) is 5.57. The molecule has 34 heavy (non-hydrogen) atoms. The van der Waals surface area contributed by atoms with Gasteiger partial charge in [-0.05, 0) is 68.3 Å². The van der Waals surface area contributed by atoms with Crippen molar-refractivity contribution in [1.29, 1.82) is 0 Å². The molecule has 2 aromatic rings. The van der Waals surface area contributed by atoms with Crippen molar-refractivity contribution in [2.75, 3.05) is 25.4 Å². The van der Waals surface area contributed by atoms with Crippen LogP contribution in [0.1, 0.15) is 49.1 Å². The van der Waals surface area contributed by atoms with Crippen LogP contribution in [0.2, 0.25) is 0 Å². The topological polar surface area (TPSA) is 66.2 Å². The molecule has 1 aliphatic heterocycles. The van der Waals surface area contributed by atoms with E-state index in [2.05, 4.69) is 20.3 Å². The van der Waals surface area contributed by atoms with Crippen LogP contribution in [0.4, 0.5) is 17.6 Å². The third-order valence-electron chi connectivity index (χ3n) is 6.83. The van der Waals surface area contributed by atoms with Gasteiger partial charge in [-0.15, -0.1) is 10.2 Å². The Morgan fingerprint density at radius 1 is 1.35 bits per heavy atom. The zero-order chi connectivity index (χ0) is 24.7. The average molecular weight is 495 g/mol. The fourth-order valence-electron chi connectivity index (χ4n) is 4.73. The Bertz CT molecular complexity index is 1090. The van der Waals surface area contributed by atoms with Crippen LogP contribution in [-0.2, 0) is 13.2 Å². The van der Waals surface area contributed by atoms with Crippen molar-refractivity contribution < 1.29 is 22.7 Å². The highest BCUT2D eigenvalue weighted by Crippen LogP contribution is 2.64. The maximum absolute atomic E-state index is 14.4. The molecule has 4 rings (SSSR count). The summed E-state index contributed by atoms with van der Waals surface area (Å²) in [6.07, 6.45) is -1.88. The molecule has 1 aliphatic carbocycles. The van der Waals surface area contributed by atoms with Crippen LogP contribution < -0.4 is 5.23 Å². The first-order chi connectivity index (χ1) is 16.1. The van der Waals surface area contributed by atoms with Gasteiger partial charge in [0.05, 0.1) is 5.56 Å². The number of hydrogen-bond acceptors (Lipinski definition) is 6. The first-order valence-electron chi connectivity index (χ1n) is 11.0. The lowest BCUT2D eigenvalue weighted by atomic mass is 9.97. The number of alkyl halides is 3.